The molecule has 1 aliphatic heterocycles. The van der Waals surface area contributed by atoms with Crippen molar-refractivity contribution in [3.63, 3.8) is 0 Å². The van der Waals surface area contributed by atoms with Crippen LogP contribution < -0.4 is 10.2 Å². The molecule has 7 nitrogen and oxygen atoms in total. The first-order valence-corrected chi connectivity index (χ1v) is 9.52. The van der Waals surface area contributed by atoms with Gasteiger partial charge in [-0.3, -0.25) is 14.5 Å². The Morgan fingerprint density at radius 1 is 1.14 bits per heavy atom. The lowest BCUT2D eigenvalue weighted by molar-refractivity contribution is -0.134. The highest BCUT2D eigenvalue weighted by molar-refractivity contribution is 6.11. The molecule has 2 aromatic carbocycles. The molecule has 0 aromatic heterocycles. The molecule has 29 heavy (non-hydrogen) atoms. The average molecular weight is 388 g/mol. The van der Waals surface area contributed by atoms with Crippen LogP contribution in [0.2, 0.25) is 0 Å². The highest BCUT2D eigenvalue weighted by atomic mass is 16.2. The molecule has 4 rings (SSSR count). The number of hydrogen-bond acceptors (Lipinski definition) is 4. The van der Waals surface area contributed by atoms with Gasteiger partial charge in [0.1, 0.15) is 12.1 Å². The predicted octanol–water partition coefficient (Wildman–Crippen LogP) is 2.33. The lowest BCUT2D eigenvalue weighted by Crippen LogP contribution is -2.45. The summed E-state index contributed by atoms with van der Waals surface area (Å²) >= 11 is 0. The minimum absolute atomic E-state index is 0.151. The van der Waals surface area contributed by atoms with Crippen molar-refractivity contribution in [1.82, 2.24) is 10.2 Å². The molecule has 2 aromatic rings. The fourth-order valence-electron chi connectivity index (χ4n) is 4.12. The first kappa shape index (κ1) is 18.7. The summed E-state index contributed by atoms with van der Waals surface area (Å²) in [6.45, 7) is -0.175. The van der Waals surface area contributed by atoms with Gasteiger partial charge in [0.2, 0.25) is 5.91 Å². The van der Waals surface area contributed by atoms with Crippen molar-refractivity contribution >= 4 is 23.5 Å². The van der Waals surface area contributed by atoms with Crippen molar-refractivity contribution in [2.75, 3.05) is 18.0 Å². The second-order valence-corrected chi connectivity index (χ2v) is 7.17. The normalized spacial score (nSPS) is 19.8. The Bertz CT molecular complexity index is 1010. The number of amides is 4. The van der Waals surface area contributed by atoms with E-state index >= 15 is 0 Å². The van der Waals surface area contributed by atoms with Crippen molar-refractivity contribution in [2.45, 2.75) is 24.8 Å². The van der Waals surface area contributed by atoms with E-state index in [0.29, 0.717) is 18.5 Å². The molecule has 0 saturated carbocycles. The minimum atomic E-state index is -1.09. The van der Waals surface area contributed by atoms with Gasteiger partial charge < -0.3 is 10.2 Å². The Balaban J connectivity index is 1.58. The van der Waals surface area contributed by atoms with Crippen LogP contribution >= 0.6 is 0 Å². The number of rotatable bonds is 5. The van der Waals surface area contributed by atoms with Crippen molar-refractivity contribution in [3.8, 4) is 6.07 Å². The molecule has 1 N–H and O–H groups in total. The number of carbonyl (C=O) groups is 3. The molecule has 1 unspecified atom stereocenters. The molecule has 1 aliphatic carbocycles. The summed E-state index contributed by atoms with van der Waals surface area (Å²) in [5.41, 5.74) is 1.38. The van der Waals surface area contributed by atoms with E-state index in [1.807, 2.05) is 36.4 Å². The number of hydrogen-bond donors (Lipinski definition) is 1. The van der Waals surface area contributed by atoms with Crippen LogP contribution in [0.5, 0.6) is 0 Å². The average Bonchev–Trinajstić information content (AvgIpc) is 3.22. The van der Waals surface area contributed by atoms with Crippen LogP contribution in [0, 0.1) is 11.3 Å². The summed E-state index contributed by atoms with van der Waals surface area (Å²) in [7, 11) is 0. The van der Waals surface area contributed by atoms with Crippen LogP contribution in [0.25, 0.3) is 0 Å². The van der Waals surface area contributed by atoms with Crippen molar-refractivity contribution in [3.05, 3.63) is 65.7 Å². The van der Waals surface area contributed by atoms with E-state index in [-0.39, 0.29) is 19.5 Å². The number of nitriles is 1. The lowest BCUT2D eigenvalue weighted by atomic mass is 9.92. The summed E-state index contributed by atoms with van der Waals surface area (Å²) in [6, 6.07) is 18.0. The van der Waals surface area contributed by atoms with E-state index in [1.165, 1.54) is 4.90 Å². The summed E-state index contributed by atoms with van der Waals surface area (Å²) in [5, 5.41) is 11.8. The van der Waals surface area contributed by atoms with Crippen molar-refractivity contribution in [2.24, 2.45) is 0 Å². The van der Waals surface area contributed by atoms with Gasteiger partial charge in [0.15, 0.2) is 0 Å². The molecule has 4 amide bonds. The topological polar surface area (TPSA) is 93.5 Å². The maximum atomic E-state index is 13.2. The number of anilines is 1. The summed E-state index contributed by atoms with van der Waals surface area (Å²) in [5.74, 6) is -0.799. The Hall–Kier alpha value is -3.66. The largest absolute Gasteiger partial charge is 0.325 e. The van der Waals surface area contributed by atoms with Gasteiger partial charge in [0, 0.05) is 12.2 Å². The standard InChI is InChI=1S/C22H20N4O3/c23-13-6-14-25(17-8-2-1-3-9-17)19(27)15-26-20(28)22(24-21(26)29)12-11-16-7-4-5-10-18(16)22/h1-5,7-10H,6,11-12,14-15H2,(H,24,29). The highest BCUT2D eigenvalue weighted by Gasteiger charge is 2.55. The molecular weight excluding hydrogens is 368 g/mol. The van der Waals surface area contributed by atoms with E-state index < -0.39 is 23.4 Å². The van der Waals surface area contributed by atoms with E-state index in [1.54, 1.807) is 24.3 Å². The maximum absolute atomic E-state index is 13.2. The van der Waals surface area contributed by atoms with Gasteiger partial charge >= 0.3 is 6.03 Å². The first-order valence-electron chi connectivity index (χ1n) is 9.52. The van der Waals surface area contributed by atoms with Crippen LogP contribution in [0.3, 0.4) is 0 Å². The van der Waals surface area contributed by atoms with Crippen molar-refractivity contribution in [1.29, 1.82) is 5.26 Å². The minimum Gasteiger partial charge on any atom is -0.319 e. The number of benzene rings is 2. The molecule has 2 aliphatic rings. The quantitative estimate of drug-likeness (QED) is 0.796. The highest BCUT2D eigenvalue weighted by Crippen LogP contribution is 2.41. The Morgan fingerprint density at radius 3 is 2.62 bits per heavy atom. The zero-order chi connectivity index (χ0) is 20.4. The third-order valence-electron chi connectivity index (χ3n) is 5.53. The van der Waals surface area contributed by atoms with Crippen LogP contribution in [0.15, 0.2) is 54.6 Å². The van der Waals surface area contributed by atoms with Crippen molar-refractivity contribution < 1.29 is 14.4 Å². The summed E-state index contributed by atoms with van der Waals surface area (Å²) in [4.78, 5) is 41.3. The van der Waals surface area contributed by atoms with Gasteiger partial charge in [0.25, 0.3) is 5.91 Å². The second kappa shape index (κ2) is 7.40. The number of para-hydroxylation sites is 1. The monoisotopic (exact) mass is 388 g/mol. The number of fused-ring (bicyclic) bond motifs is 2. The molecule has 1 heterocycles. The number of nitrogens with zero attached hydrogens (tertiary/aromatic N) is 3. The van der Waals surface area contributed by atoms with Gasteiger partial charge in [0.05, 0.1) is 12.5 Å². The second-order valence-electron chi connectivity index (χ2n) is 7.17. The Morgan fingerprint density at radius 2 is 1.86 bits per heavy atom. The smallest absolute Gasteiger partial charge is 0.319 e. The summed E-state index contributed by atoms with van der Waals surface area (Å²) < 4.78 is 0. The van der Waals surface area contributed by atoms with E-state index in [4.69, 9.17) is 5.26 Å². The number of imide groups is 1. The molecule has 1 saturated heterocycles. The van der Waals surface area contributed by atoms with Gasteiger partial charge in [-0.05, 0) is 36.1 Å². The van der Waals surface area contributed by atoms with Gasteiger partial charge in [-0.25, -0.2) is 4.79 Å². The zero-order valence-electron chi connectivity index (χ0n) is 15.8. The number of carbonyl (C=O) groups excluding carboxylic acids is 3. The molecule has 146 valence electrons. The first-order chi connectivity index (χ1) is 14.1. The molecular formula is C22H20N4O3. The lowest BCUT2D eigenvalue weighted by Gasteiger charge is -2.25. The molecule has 0 radical (unpaired) electrons. The zero-order valence-corrected chi connectivity index (χ0v) is 15.8. The van der Waals surface area contributed by atoms with Crippen LogP contribution in [0.4, 0.5) is 10.5 Å². The van der Waals surface area contributed by atoms with Crippen LogP contribution in [0.1, 0.15) is 24.0 Å². The van der Waals surface area contributed by atoms with Gasteiger partial charge in [-0.15, -0.1) is 0 Å². The van der Waals surface area contributed by atoms with Crippen LogP contribution in [-0.2, 0) is 21.5 Å². The van der Waals surface area contributed by atoms with E-state index in [9.17, 15) is 14.4 Å². The van der Waals surface area contributed by atoms with E-state index in [2.05, 4.69) is 5.32 Å². The third kappa shape index (κ3) is 3.13. The fourth-order valence-corrected chi connectivity index (χ4v) is 4.12. The van der Waals surface area contributed by atoms with Crippen LogP contribution in [-0.4, -0.2) is 35.8 Å². The number of nitrogens with one attached hydrogen (secondary N) is 1. The number of urea groups is 1. The van der Waals surface area contributed by atoms with Gasteiger partial charge in [-0.2, -0.15) is 5.26 Å². The SMILES string of the molecule is N#CCCN(C(=O)CN1C(=O)NC2(CCc3ccccc32)C1=O)c1ccccc1. The molecule has 0 bridgehead atoms. The van der Waals surface area contributed by atoms with Gasteiger partial charge in [-0.1, -0.05) is 42.5 Å². The predicted molar refractivity (Wildman–Crippen MR) is 106 cm³/mol. The van der Waals surface area contributed by atoms with E-state index in [0.717, 1.165) is 16.0 Å². The Labute approximate surface area is 168 Å². The molecule has 1 spiro atoms. The third-order valence-corrected chi connectivity index (χ3v) is 5.53. The molecule has 1 fully saturated rings. The number of aryl methyl sites for hydroxylation is 1. The fraction of sp³-hybridized carbons (Fsp3) is 0.273. The Kier molecular flexibility index (Phi) is 4.77. The maximum Gasteiger partial charge on any atom is 0.325 e. The molecule has 7 heteroatoms. The summed E-state index contributed by atoms with van der Waals surface area (Å²) in [6.07, 6.45) is 1.33. The molecule has 1 atom stereocenters.